The molecule has 0 fully saturated rings. The predicted octanol–water partition coefficient (Wildman–Crippen LogP) is 9.54. The van der Waals surface area contributed by atoms with Crippen LogP contribution >= 0.6 is 0 Å². The molecule has 8 aromatic rings. The van der Waals surface area contributed by atoms with Crippen LogP contribution < -0.4 is 24.8 Å². The molecule has 0 saturated heterocycles. The van der Waals surface area contributed by atoms with Gasteiger partial charge in [0.1, 0.15) is 0 Å². The van der Waals surface area contributed by atoms with E-state index in [0.717, 1.165) is 0 Å². The Kier molecular flexibility index (Phi) is 15.4. The molecule has 56 heavy (non-hydrogen) atoms. The first-order valence-corrected chi connectivity index (χ1v) is 25.5. The Morgan fingerprint density at radius 2 is 0.893 bits per heavy atom. The zero-order chi connectivity index (χ0) is 38.8. The molecular formula is C52H56Cl2SiZr-2. The quantitative estimate of drug-likeness (QED) is 0.122. The molecule has 0 N–H and O–H groups in total. The molecule has 4 heteroatoms. The van der Waals surface area contributed by atoms with Crippen LogP contribution in [0.4, 0.5) is 0 Å². The first kappa shape index (κ1) is 45.4. The molecule has 0 aromatic heterocycles. The van der Waals surface area contributed by atoms with E-state index in [1.54, 1.807) is 23.3 Å². The van der Waals surface area contributed by atoms with Gasteiger partial charge in [0.25, 0.3) is 0 Å². The van der Waals surface area contributed by atoms with Gasteiger partial charge in [0.15, 0.2) is 0 Å². The maximum atomic E-state index is 2.40. The monoisotopic (exact) mass is 868 g/mol. The van der Waals surface area contributed by atoms with Gasteiger partial charge in [-0.1, -0.05) is 151 Å². The second-order valence-electron chi connectivity index (χ2n) is 17.1. The van der Waals surface area contributed by atoms with Crippen molar-refractivity contribution in [2.45, 2.75) is 92.2 Å². The van der Waals surface area contributed by atoms with Gasteiger partial charge in [0.05, 0.1) is 0 Å². The SMILES string of the molecule is CCC[Si](C)=[Zr+2].Cc1c(C(C)(C)C)[cH-]c2cccc(-c3ccc4ccccc4c3)c12.Cc1c(C(C)(C)C)[cH-]c2cccc(-c3ccc4ccccc4c3)c12.[Cl-].[Cl-]. The molecule has 288 valence electrons. The second kappa shape index (κ2) is 19.0. The van der Waals surface area contributed by atoms with E-state index in [4.69, 9.17) is 0 Å². The van der Waals surface area contributed by atoms with E-state index in [2.05, 4.69) is 202 Å². The third kappa shape index (κ3) is 10.1. The predicted molar refractivity (Wildman–Crippen MR) is 239 cm³/mol. The van der Waals surface area contributed by atoms with E-state index in [-0.39, 0.29) is 41.1 Å². The van der Waals surface area contributed by atoms with Crippen LogP contribution in [0.2, 0.25) is 12.6 Å². The number of rotatable bonds is 4. The third-order valence-corrected chi connectivity index (χ3v) is 13.8. The van der Waals surface area contributed by atoms with Crippen LogP contribution in [0.15, 0.2) is 133 Å². The summed E-state index contributed by atoms with van der Waals surface area (Å²) >= 11 is 1.79. The minimum absolute atomic E-state index is 0. The van der Waals surface area contributed by atoms with Crippen LogP contribution in [0.1, 0.15) is 77.1 Å². The minimum Gasteiger partial charge on any atom is -1.00 e. The van der Waals surface area contributed by atoms with Gasteiger partial charge in [0, 0.05) is 0 Å². The molecule has 0 amide bonds. The van der Waals surface area contributed by atoms with Gasteiger partial charge in [-0.05, 0) is 55.6 Å². The van der Waals surface area contributed by atoms with E-state index in [9.17, 15) is 0 Å². The Hall–Kier alpha value is -3.26. The Labute approximate surface area is 364 Å². The molecule has 0 bridgehead atoms. The molecule has 0 heterocycles. The fourth-order valence-electron chi connectivity index (χ4n) is 8.14. The Bertz CT molecular complexity index is 2420. The van der Waals surface area contributed by atoms with Crippen LogP contribution in [0.25, 0.3) is 65.3 Å². The van der Waals surface area contributed by atoms with Crippen molar-refractivity contribution in [1.29, 1.82) is 0 Å². The summed E-state index contributed by atoms with van der Waals surface area (Å²) in [7, 11) is 0. The summed E-state index contributed by atoms with van der Waals surface area (Å²) < 4.78 is 0. The van der Waals surface area contributed by atoms with Crippen LogP contribution in [0.5, 0.6) is 0 Å². The maximum absolute atomic E-state index is 2.40. The van der Waals surface area contributed by atoms with Gasteiger partial charge in [0.2, 0.25) is 0 Å². The number of benzene rings is 6. The van der Waals surface area contributed by atoms with Crippen molar-refractivity contribution in [3.8, 4) is 22.3 Å². The van der Waals surface area contributed by atoms with Crippen LogP contribution in [-0.2, 0) is 34.2 Å². The molecule has 0 aliphatic carbocycles. The Balaban J connectivity index is 0.000000211. The maximum Gasteiger partial charge on any atom is -0.0178 e. The molecule has 0 atom stereocenters. The van der Waals surface area contributed by atoms with Crippen LogP contribution in [-0.4, -0.2) is 5.43 Å². The van der Waals surface area contributed by atoms with Gasteiger partial charge >= 0.3 is 54.7 Å². The molecule has 0 aliphatic rings. The average molecular weight is 871 g/mol. The summed E-state index contributed by atoms with van der Waals surface area (Å²) in [5.41, 5.74) is 11.6. The summed E-state index contributed by atoms with van der Waals surface area (Å²) in [6.07, 6.45) is 1.40. The van der Waals surface area contributed by atoms with Gasteiger partial charge < -0.3 is 24.8 Å². The summed E-state index contributed by atoms with van der Waals surface area (Å²) in [4.78, 5) is 0. The zero-order valence-corrected chi connectivity index (χ0v) is 39.8. The van der Waals surface area contributed by atoms with Crippen LogP contribution in [0, 0.1) is 13.8 Å². The van der Waals surface area contributed by atoms with Crippen molar-refractivity contribution in [3.05, 3.63) is 156 Å². The fourth-order valence-corrected chi connectivity index (χ4v) is 10.7. The minimum atomic E-state index is 0. The van der Waals surface area contributed by atoms with E-state index in [1.807, 2.05) is 0 Å². The normalized spacial score (nSPS) is 11.4. The first-order chi connectivity index (χ1) is 25.7. The van der Waals surface area contributed by atoms with Crippen molar-refractivity contribution in [2.75, 3.05) is 0 Å². The van der Waals surface area contributed by atoms with E-state index in [1.165, 1.54) is 100 Å². The Morgan fingerprint density at radius 1 is 0.518 bits per heavy atom. The molecule has 0 nitrogen and oxygen atoms in total. The van der Waals surface area contributed by atoms with Gasteiger partial charge in [-0.3, -0.25) is 0 Å². The number of hydrogen-bond donors (Lipinski definition) is 0. The summed E-state index contributed by atoms with van der Waals surface area (Å²) in [6, 6.07) is 50.3. The smallest absolute Gasteiger partial charge is 0.0178 e. The number of halogens is 2. The van der Waals surface area contributed by atoms with Crippen molar-refractivity contribution >= 4 is 48.5 Å². The number of fused-ring (bicyclic) bond motifs is 4. The molecule has 0 unspecified atom stereocenters. The van der Waals surface area contributed by atoms with Crippen molar-refractivity contribution in [1.82, 2.24) is 0 Å². The second-order valence-corrected chi connectivity index (χ2v) is 25.4. The standard InChI is InChI=1S/2C24H23.C4H10Si.2ClH.Zr/c2*1-16-22(24(2,3)4)15-20-10-7-11-21(23(16)20)19-13-12-17-8-5-6-9-18(17)14-19;1-3-4-5-2;;;/h2*5-15H,1-4H3;3-4H2,1-2H3;2*1H;/q2*-1;;;;+2/p-2. The molecule has 0 saturated carbocycles. The molecular weight excluding hydrogens is 815 g/mol. The van der Waals surface area contributed by atoms with Crippen LogP contribution in [0.3, 0.4) is 0 Å². The molecule has 0 aliphatic heterocycles. The van der Waals surface area contributed by atoms with E-state index in [0.29, 0.717) is 0 Å². The first-order valence-electron chi connectivity index (χ1n) is 19.6. The third-order valence-electron chi connectivity index (χ3n) is 10.7. The summed E-state index contributed by atoms with van der Waals surface area (Å²) in [5.74, 6) is 0. The van der Waals surface area contributed by atoms with Crippen molar-refractivity contribution in [2.24, 2.45) is 0 Å². The van der Waals surface area contributed by atoms with Crippen molar-refractivity contribution in [3.63, 3.8) is 0 Å². The largest absolute Gasteiger partial charge is 1.00 e. The number of hydrogen-bond acceptors (Lipinski definition) is 0. The molecule has 0 radical (unpaired) electrons. The van der Waals surface area contributed by atoms with Gasteiger partial charge in [-0.15, -0.1) is 69.1 Å². The average Bonchev–Trinajstić information content (AvgIpc) is 3.69. The van der Waals surface area contributed by atoms with E-state index >= 15 is 0 Å². The Morgan fingerprint density at radius 3 is 1.21 bits per heavy atom. The topological polar surface area (TPSA) is 0 Å². The van der Waals surface area contributed by atoms with Crippen molar-refractivity contribution < 1.29 is 48.1 Å². The zero-order valence-electron chi connectivity index (χ0n) is 34.9. The molecule has 0 spiro atoms. The number of aryl methyl sites for hydroxylation is 2. The summed E-state index contributed by atoms with van der Waals surface area (Å²) in [5, 5.41) is 10.7. The molecule has 8 aromatic carbocycles. The summed E-state index contributed by atoms with van der Waals surface area (Å²) in [6.45, 7) is 23.0. The molecule has 8 rings (SSSR count). The van der Waals surface area contributed by atoms with E-state index < -0.39 is 0 Å². The van der Waals surface area contributed by atoms with Gasteiger partial charge in [-0.25, -0.2) is 0 Å². The fraction of sp³-hybridized carbons (Fsp3) is 0.269. The van der Waals surface area contributed by atoms with Gasteiger partial charge in [-0.2, -0.15) is 11.1 Å².